The Bertz CT molecular complexity index is 423. The number of fused-ring (bicyclic) bond motifs is 1. The van der Waals surface area contributed by atoms with Crippen molar-refractivity contribution in [1.82, 2.24) is 0 Å². The van der Waals surface area contributed by atoms with Gasteiger partial charge in [0.1, 0.15) is 6.61 Å². The van der Waals surface area contributed by atoms with Crippen molar-refractivity contribution in [2.75, 3.05) is 6.61 Å². The number of rotatable bonds is 1. The van der Waals surface area contributed by atoms with Crippen molar-refractivity contribution in [3.8, 4) is 0 Å². The molecule has 3 rings (SSSR count). The number of nitrogens with zero attached hydrogens (tertiary/aromatic N) is 1. The van der Waals surface area contributed by atoms with Crippen LogP contribution >= 0.6 is 0 Å². The highest BCUT2D eigenvalue weighted by atomic mass is 16.6. The van der Waals surface area contributed by atoms with Crippen molar-refractivity contribution in [3.05, 3.63) is 34.9 Å². The van der Waals surface area contributed by atoms with E-state index in [0.717, 1.165) is 24.7 Å². The molecule has 1 aliphatic carbocycles. The van der Waals surface area contributed by atoms with Gasteiger partial charge in [-0.1, -0.05) is 24.2 Å². The van der Waals surface area contributed by atoms with E-state index in [1.807, 2.05) is 0 Å². The van der Waals surface area contributed by atoms with Gasteiger partial charge >= 0.3 is 0 Å². The zero-order valence-electron chi connectivity index (χ0n) is 8.99. The third-order valence-corrected chi connectivity index (χ3v) is 3.46. The molecule has 0 N–H and O–H groups in total. The molecule has 78 valence electrons. The number of hydrogen-bond donors (Lipinski definition) is 0. The van der Waals surface area contributed by atoms with Crippen LogP contribution in [0.4, 0.5) is 0 Å². The van der Waals surface area contributed by atoms with Crippen LogP contribution in [0.3, 0.4) is 0 Å². The van der Waals surface area contributed by atoms with Gasteiger partial charge in [-0.25, -0.2) is 0 Å². The van der Waals surface area contributed by atoms with Gasteiger partial charge in [-0.05, 0) is 41.5 Å². The first kappa shape index (κ1) is 8.96. The van der Waals surface area contributed by atoms with Gasteiger partial charge in [-0.2, -0.15) is 0 Å². The fourth-order valence-corrected chi connectivity index (χ4v) is 2.52. The molecule has 2 heteroatoms. The lowest BCUT2D eigenvalue weighted by Crippen LogP contribution is -1.98. The second kappa shape index (κ2) is 3.37. The molecule has 2 aliphatic rings. The van der Waals surface area contributed by atoms with Crippen molar-refractivity contribution < 1.29 is 4.84 Å². The van der Waals surface area contributed by atoms with Crippen LogP contribution in [0.2, 0.25) is 0 Å². The maximum Gasteiger partial charge on any atom is 0.122 e. The summed E-state index contributed by atoms with van der Waals surface area (Å²) in [6, 6.07) is 6.75. The molecule has 0 spiro atoms. The molecule has 1 unspecified atom stereocenters. The van der Waals surface area contributed by atoms with E-state index >= 15 is 0 Å². The van der Waals surface area contributed by atoms with Crippen LogP contribution < -0.4 is 0 Å². The van der Waals surface area contributed by atoms with Crippen LogP contribution in [-0.4, -0.2) is 12.3 Å². The van der Waals surface area contributed by atoms with E-state index in [1.165, 1.54) is 29.5 Å². The average molecular weight is 201 g/mol. The van der Waals surface area contributed by atoms with Crippen LogP contribution in [0, 0.1) is 0 Å². The molecule has 15 heavy (non-hydrogen) atoms. The Balaban J connectivity index is 1.99. The Morgan fingerprint density at radius 3 is 3.07 bits per heavy atom. The second-order valence-corrected chi connectivity index (χ2v) is 4.47. The van der Waals surface area contributed by atoms with Crippen molar-refractivity contribution in [2.45, 2.75) is 32.1 Å². The summed E-state index contributed by atoms with van der Waals surface area (Å²) in [7, 11) is 0. The molecular weight excluding hydrogens is 186 g/mol. The Hall–Kier alpha value is -1.31. The molecular formula is C13H15NO. The molecule has 0 radical (unpaired) electrons. The van der Waals surface area contributed by atoms with Gasteiger partial charge in [-0.15, -0.1) is 0 Å². The topological polar surface area (TPSA) is 21.6 Å². The van der Waals surface area contributed by atoms with Crippen LogP contribution in [0.5, 0.6) is 0 Å². The third kappa shape index (κ3) is 1.44. The summed E-state index contributed by atoms with van der Waals surface area (Å²) < 4.78 is 0. The van der Waals surface area contributed by atoms with E-state index in [1.54, 1.807) is 0 Å². The summed E-state index contributed by atoms with van der Waals surface area (Å²) in [5, 5.41) is 4.07. The van der Waals surface area contributed by atoms with Gasteiger partial charge in [0.25, 0.3) is 0 Å². The minimum atomic E-state index is 0.732. The lowest BCUT2D eigenvalue weighted by molar-refractivity contribution is 0.174. The molecule has 0 bridgehead atoms. The third-order valence-electron chi connectivity index (χ3n) is 3.46. The summed E-state index contributed by atoms with van der Waals surface area (Å²) in [6.45, 7) is 3.05. The van der Waals surface area contributed by atoms with E-state index < -0.39 is 0 Å². The van der Waals surface area contributed by atoms with Gasteiger partial charge < -0.3 is 4.84 Å². The normalized spacial score (nSPS) is 23.5. The Morgan fingerprint density at radius 2 is 2.27 bits per heavy atom. The van der Waals surface area contributed by atoms with Gasteiger partial charge in [0.05, 0.1) is 5.71 Å². The molecule has 2 nitrogen and oxygen atoms in total. The summed E-state index contributed by atoms with van der Waals surface area (Å²) in [5.74, 6) is 0.732. The maximum absolute atomic E-state index is 5.04. The molecule has 1 aromatic carbocycles. The summed E-state index contributed by atoms with van der Waals surface area (Å²) in [4.78, 5) is 5.04. The smallest absolute Gasteiger partial charge is 0.122 e. The quantitative estimate of drug-likeness (QED) is 0.684. The highest BCUT2D eigenvalue weighted by molar-refractivity contribution is 6.01. The van der Waals surface area contributed by atoms with Gasteiger partial charge in [0.15, 0.2) is 0 Å². The summed E-state index contributed by atoms with van der Waals surface area (Å²) in [6.07, 6.45) is 3.47. The fourth-order valence-electron chi connectivity index (χ4n) is 2.52. The molecule has 1 heterocycles. The highest BCUT2D eigenvalue weighted by Gasteiger charge is 2.20. The standard InChI is InChI=1S/C13H15NO/c1-9-2-3-10-8-11(4-5-12(9)10)13-6-7-15-14-13/h4-5,8-9H,2-3,6-7H2,1H3. The maximum atomic E-state index is 5.04. The van der Waals surface area contributed by atoms with E-state index in [9.17, 15) is 0 Å². The zero-order chi connectivity index (χ0) is 10.3. The molecule has 0 fully saturated rings. The van der Waals surface area contributed by atoms with Crippen molar-refractivity contribution in [2.24, 2.45) is 5.16 Å². The van der Waals surface area contributed by atoms with Crippen LogP contribution in [0.1, 0.15) is 42.4 Å². The summed E-state index contributed by atoms with van der Waals surface area (Å²) in [5.41, 5.74) is 5.39. The average Bonchev–Trinajstić information content (AvgIpc) is 2.88. The van der Waals surface area contributed by atoms with E-state index in [4.69, 9.17) is 4.84 Å². The van der Waals surface area contributed by atoms with Crippen LogP contribution in [-0.2, 0) is 11.3 Å². The van der Waals surface area contributed by atoms with Crippen molar-refractivity contribution >= 4 is 5.71 Å². The SMILES string of the molecule is CC1CCc2cc(C3=NOCC3)ccc21. The predicted molar refractivity (Wildman–Crippen MR) is 60.3 cm³/mol. The number of hydrogen-bond acceptors (Lipinski definition) is 2. The molecule has 0 aromatic heterocycles. The number of oxime groups is 1. The molecule has 1 atom stereocenters. The number of aryl methyl sites for hydroxylation is 1. The first-order valence-corrected chi connectivity index (χ1v) is 5.66. The zero-order valence-corrected chi connectivity index (χ0v) is 8.99. The fraction of sp³-hybridized carbons (Fsp3) is 0.462. The van der Waals surface area contributed by atoms with Crippen LogP contribution in [0.15, 0.2) is 23.4 Å². The monoisotopic (exact) mass is 201 g/mol. The molecule has 1 aromatic rings. The molecule has 0 saturated heterocycles. The summed E-state index contributed by atoms with van der Waals surface area (Å²) >= 11 is 0. The first-order chi connectivity index (χ1) is 7.34. The highest BCUT2D eigenvalue weighted by Crippen LogP contribution is 2.33. The Labute approximate surface area is 89.9 Å². The largest absolute Gasteiger partial charge is 0.395 e. The van der Waals surface area contributed by atoms with Crippen molar-refractivity contribution in [3.63, 3.8) is 0 Å². The minimum absolute atomic E-state index is 0.732. The minimum Gasteiger partial charge on any atom is -0.395 e. The molecule has 0 amide bonds. The second-order valence-electron chi connectivity index (χ2n) is 4.47. The van der Waals surface area contributed by atoms with Gasteiger partial charge in [0, 0.05) is 6.42 Å². The molecule has 0 saturated carbocycles. The Morgan fingerprint density at radius 1 is 1.33 bits per heavy atom. The van der Waals surface area contributed by atoms with E-state index in [0.29, 0.717) is 0 Å². The van der Waals surface area contributed by atoms with E-state index in [-0.39, 0.29) is 0 Å². The lowest BCUT2D eigenvalue weighted by Gasteiger charge is -2.06. The lowest BCUT2D eigenvalue weighted by atomic mass is 9.99. The number of benzene rings is 1. The molecule has 1 aliphatic heterocycles. The predicted octanol–water partition coefficient (Wildman–Crippen LogP) is 2.86. The Kier molecular flexibility index (Phi) is 2.01. The van der Waals surface area contributed by atoms with Crippen LogP contribution in [0.25, 0.3) is 0 Å². The van der Waals surface area contributed by atoms with Gasteiger partial charge in [0.2, 0.25) is 0 Å². The van der Waals surface area contributed by atoms with Gasteiger partial charge in [-0.3, -0.25) is 0 Å². The first-order valence-electron chi connectivity index (χ1n) is 5.66. The van der Waals surface area contributed by atoms with E-state index in [2.05, 4.69) is 30.3 Å². The van der Waals surface area contributed by atoms with Crippen molar-refractivity contribution in [1.29, 1.82) is 0 Å².